The lowest BCUT2D eigenvalue weighted by atomic mass is 9.92. The number of rotatable bonds is 26. The van der Waals surface area contributed by atoms with Gasteiger partial charge in [-0.3, -0.25) is 24.0 Å². The van der Waals surface area contributed by atoms with Crippen molar-refractivity contribution in [3.8, 4) is 0 Å². The lowest BCUT2D eigenvalue weighted by Crippen LogP contribution is -2.51. The van der Waals surface area contributed by atoms with Crippen LogP contribution in [0.5, 0.6) is 0 Å². The van der Waals surface area contributed by atoms with Crippen LogP contribution in [0.25, 0.3) is 0 Å². The van der Waals surface area contributed by atoms with Crippen molar-refractivity contribution in [2.75, 3.05) is 52.4 Å². The number of methoxy groups -OCH3 is 1. The summed E-state index contributed by atoms with van der Waals surface area (Å²) in [6.07, 6.45) is 9.32. The summed E-state index contributed by atoms with van der Waals surface area (Å²) in [6, 6.07) is 16.7. The van der Waals surface area contributed by atoms with E-state index in [1.165, 1.54) is 30.9 Å². The molecule has 14 nitrogen and oxygen atoms in total. The number of Topliss-reactive ketones (excluding diaryl/α,β-unsaturated/α-hetero) is 3. The van der Waals surface area contributed by atoms with Gasteiger partial charge in [0.2, 0.25) is 11.8 Å². The first kappa shape index (κ1) is 101. The summed E-state index contributed by atoms with van der Waals surface area (Å²) in [6.45, 7) is 60.0. The van der Waals surface area contributed by atoms with Gasteiger partial charge in [-0.1, -0.05) is 229 Å². The van der Waals surface area contributed by atoms with Gasteiger partial charge in [0.15, 0.2) is 5.78 Å². The average Bonchev–Trinajstić information content (AvgIpc) is 2.76. The molecule has 2 amide bonds. The summed E-state index contributed by atoms with van der Waals surface area (Å²) < 4.78 is 10.1. The van der Waals surface area contributed by atoms with Crippen LogP contribution in [0.3, 0.4) is 0 Å². The minimum atomic E-state index is -0.703. The highest BCUT2D eigenvalue weighted by molar-refractivity contribution is 5.89. The molecule has 4 rings (SSSR count). The molecular formula is C79H146N4O10. The zero-order valence-corrected chi connectivity index (χ0v) is 65.7. The number of carbonyl (C=O) groups is 7. The Bertz CT molecular complexity index is 2150. The molecule has 4 unspecified atom stereocenters. The molecule has 1 aliphatic heterocycles. The number of allylic oxidation sites excluding steroid dienone is 1. The molecule has 14 heteroatoms. The fourth-order valence-corrected chi connectivity index (χ4v) is 7.70. The number of hydrogen-bond acceptors (Lipinski definition) is 12. The summed E-state index contributed by atoms with van der Waals surface area (Å²) >= 11 is 0. The lowest BCUT2D eigenvalue weighted by Gasteiger charge is -2.30. The van der Waals surface area contributed by atoms with E-state index in [1.807, 2.05) is 151 Å². The van der Waals surface area contributed by atoms with E-state index in [2.05, 4.69) is 105 Å². The van der Waals surface area contributed by atoms with E-state index in [0.29, 0.717) is 60.7 Å². The highest BCUT2D eigenvalue weighted by atomic mass is 16.5. The Morgan fingerprint density at radius 2 is 1.04 bits per heavy atom. The number of amides is 2. The van der Waals surface area contributed by atoms with Crippen molar-refractivity contribution >= 4 is 53.4 Å². The second-order valence-electron chi connectivity index (χ2n) is 25.9. The predicted molar refractivity (Wildman–Crippen MR) is 398 cm³/mol. The molecule has 2 fully saturated rings. The average molecular weight is 1310 g/mol. The molecule has 1 saturated carbocycles. The lowest BCUT2D eigenvalue weighted by molar-refractivity contribution is -0.139. The van der Waals surface area contributed by atoms with Crippen LogP contribution in [-0.2, 0) is 60.7 Å². The Morgan fingerprint density at radius 1 is 0.624 bits per heavy atom. The predicted octanol–water partition coefficient (Wildman–Crippen LogP) is 17.9. The maximum absolute atomic E-state index is 13.1. The van der Waals surface area contributed by atoms with Crippen molar-refractivity contribution in [2.24, 2.45) is 53.3 Å². The third-order valence-corrected chi connectivity index (χ3v) is 14.1. The number of nitrogens with one attached hydrogen (secondary N) is 1. The van der Waals surface area contributed by atoms with Gasteiger partial charge in [0.1, 0.15) is 47.9 Å². The topological polar surface area (TPSA) is 177 Å². The molecule has 1 saturated heterocycles. The van der Waals surface area contributed by atoms with E-state index in [0.717, 1.165) is 100.0 Å². The molecule has 1 heterocycles. The molecule has 0 bridgehead atoms. The summed E-state index contributed by atoms with van der Waals surface area (Å²) in [5.74, 6) is 7.02. The molecule has 93 heavy (non-hydrogen) atoms. The van der Waals surface area contributed by atoms with E-state index in [9.17, 15) is 38.4 Å². The minimum Gasteiger partial charge on any atom is -0.378 e. The second kappa shape index (κ2) is 65.4. The van der Waals surface area contributed by atoms with E-state index in [-0.39, 0.29) is 47.5 Å². The van der Waals surface area contributed by atoms with Gasteiger partial charge in [-0.2, -0.15) is 0 Å². The van der Waals surface area contributed by atoms with Gasteiger partial charge in [-0.15, -0.1) is 0 Å². The molecule has 0 spiro atoms. The second-order valence-corrected chi connectivity index (χ2v) is 25.9. The molecule has 2 aliphatic rings. The van der Waals surface area contributed by atoms with Gasteiger partial charge in [-0.25, -0.2) is 4.79 Å². The minimum absolute atomic E-state index is 0.0320. The Morgan fingerprint density at radius 3 is 1.33 bits per heavy atom. The van der Waals surface area contributed by atoms with Gasteiger partial charge in [0, 0.05) is 83.4 Å². The van der Waals surface area contributed by atoms with E-state index < -0.39 is 12.1 Å². The van der Waals surface area contributed by atoms with Gasteiger partial charge in [-0.05, 0) is 105 Å². The van der Waals surface area contributed by atoms with Gasteiger partial charge in [0.05, 0.1) is 25.3 Å². The maximum Gasteiger partial charge on any atom is 0.245 e. The van der Waals surface area contributed by atoms with Gasteiger partial charge >= 0.3 is 0 Å². The smallest absolute Gasteiger partial charge is 0.245 e. The highest BCUT2D eigenvalue weighted by Gasteiger charge is 2.30. The number of aldehydes is 2. The van der Waals surface area contributed by atoms with Crippen LogP contribution in [0.1, 0.15) is 256 Å². The van der Waals surface area contributed by atoms with Crippen molar-refractivity contribution in [2.45, 2.75) is 282 Å². The normalized spacial score (nSPS) is 13.5. The molecule has 0 aromatic heterocycles. The van der Waals surface area contributed by atoms with E-state index in [4.69, 9.17) is 4.74 Å². The van der Waals surface area contributed by atoms with Crippen LogP contribution in [0.15, 0.2) is 60.3 Å². The number of likely N-dealkylation sites (N-methyl/N-ethyl adjacent to an activating group) is 2. The first-order valence-electron chi connectivity index (χ1n) is 35.7. The molecule has 2 aromatic rings. The number of ether oxygens (including phenoxy) is 2. The van der Waals surface area contributed by atoms with Crippen LogP contribution in [0.2, 0.25) is 0 Å². The van der Waals surface area contributed by atoms with Crippen molar-refractivity contribution in [3.05, 3.63) is 71.4 Å². The zero-order chi connectivity index (χ0) is 73.9. The fraction of sp³-hybridized carbons (Fsp3) is 0.734. The van der Waals surface area contributed by atoms with E-state index in [1.54, 1.807) is 25.8 Å². The molecule has 2 aromatic carbocycles. The fourth-order valence-electron chi connectivity index (χ4n) is 7.70. The molecule has 542 valence electrons. The number of benzene rings is 2. The number of morpholine rings is 1. The maximum atomic E-state index is 13.1. The Hall–Kier alpha value is -5.30. The van der Waals surface area contributed by atoms with Crippen molar-refractivity contribution < 1.29 is 47.8 Å². The summed E-state index contributed by atoms with van der Waals surface area (Å²) in [5.41, 5.74) is 3.83. The molecule has 0 radical (unpaired) electrons. The first-order valence-corrected chi connectivity index (χ1v) is 35.7. The van der Waals surface area contributed by atoms with Crippen LogP contribution in [0.4, 0.5) is 5.69 Å². The number of carbonyl (C=O) groups excluding carboxylic acids is 8. The van der Waals surface area contributed by atoms with Crippen LogP contribution < -0.4 is 10.2 Å². The van der Waals surface area contributed by atoms with Crippen molar-refractivity contribution in [1.29, 1.82) is 0 Å². The Balaban J connectivity index is -0.000000202. The van der Waals surface area contributed by atoms with Crippen LogP contribution in [0, 0.1) is 53.3 Å². The molecule has 1 aliphatic carbocycles. The van der Waals surface area contributed by atoms with Crippen molar-refractivity contribution in [3.63, 3.8) is 0 Å². The number of hydrogen-bond donors (Lipinski definition) is 1. The Labute approximate surface area is 573 Å². The van der Waals surface area contributed by atoms with Gasteiger partial charge in [0.25, 0.3) is 0 Å². The largest absolute Gasteiger partial charge is 0.378 e. The van der Waals surface area contributed by atoms with Crippen molar-refractivity contribution in [1.82, 2.24) is 15.1 Å². The monoisotopic (exact) mass is 1310 g/mol. The summed E-state index contributed by atoms with van der Waals surface area (Å²) in [7, 11) is 4.96. The number of ketones is 3. The van der Waals surface area contributed by atoms with Crippen LogP contribution in [-0.4, -0.2) is 129 Å². The molecular weight excluding hydrogens is 1160 g/mol. The SMILES string of the molecule is CC.CC.CC.CC(C)C.CC(C)C.CC(C)C[C@@H](C=O)N(C)C(=C=O)C(C)Cc1ccccc1.CCC(=O)C(C)C(C)C.CCC(=O)C1CC1.CCC(=O)NC(Cc1ccc(N2CCOCC2)cc1)C(=O)N(C)[C@H](C=O)CC(C)C.CCC(C)C.COC(C)C(C)=O. The van der Waals surface area contributed by atoms with E-state index >= 15 is 0 Å². The number of nitrogens with zero attached hydrogens (tertiary/aromatic N) is 3. The molecule has 6 atom stereocenters. The highest BCUT2D eigenvalue weighted by Crippen LogP contribution is 2.30. The zero-order valence-electron chi connectivity index (χ0n) is 65.7. The Kier molecular flexibility index (Phi) is 71.1. The molecule has 1 N–H and O–H groups in total. The van der Waals surface area contributed by atoms with Crippen LogP contribution >= 0.6 is 0 Å². The third kappa shape index (κ3) is 57.8. The van der Waals surface area contributed by atoms with Gasteiger partial charge < -0.3 is 39.1 Å². The quantitative estimate of drug-likeness (QED) is 0.0698. The summed E-state index contributed by atoms with van der Waals surface area (Å²) in [5, 5.41) is 2.83. The summed E-state index contributed by atoms with van der Waals surface area (Å²) in [4.78, 5) is 96.7. The number of anilines is 1. The third-order valence-electron chi connectivity index (χ3n) is 14.1. The first-order chi connectivity index (χ1) is 43.7. The standard InChI is InChI=1S/C23H35N3O4.C18H25NO2.C8H16O.C6H10O.C5H10O2.C5H12.2C4H10.3C2H6/c1-5-22(28)24-21(23(29)25(4)20(16-27)14-17(2)3)15-18-6-8-19(9-7-18)26-10-12-30-13-11-26;1-14(2)10-17(12-20)19(4)18(13-21)15(3)11-16-8-6-5-7-9-16;1-5-8(9)7(4)6(2)3;1-2-6(7)5-3-4-5;1-4(6)5(2)7-3;1-4-5(2)3;2*1-4(2)3;3*1-2/h6-9,16-17,20-21H,5,10-15H2,1-4H3,(H,24,28);5-9,12,14-15,17H,10-11H2,1-4H3;6-7H,5H2,1-4H3;5H,2-4H2,1H3;5H,1-3H3;5H,4H2,1-3H3;2*4H,1-3H3;3*1-2H3/t20-,21?;15?,17-;;;;;;;;;/m00........./s1.